The molecular formula is C11H11F2NO3S. The number of hydrogen-bond acceptors (Lipinski definition) is 3. The van der Waals surface area contributed by atoms with Crippen molar-refractivity contribution in [2.45, 2.75) is 17.7 Å². The lowest BCUT2D eigenvalue weighted by atomic mass is 10.1. The minimum atomic E-state index is -3.85. The third-order valence-electron chi connectivity index (χ3n) is 2.81. The summed E-state index contributed by atoms with van der Waals surface area (Å²) >= 11 is 0. The van der Waals surface area contributed by atoms with Gasteiger partial charge in [-0.05, 0) is 18.2 Å². The van der Waals surface area contributed by atoms with Gasteiger partial charge < -0.3 is 0 Å². The van der Waals surface area contributed by atoms with E-state index in [1.807, 2.05) is 0 Å². The third-order valence-corrected chi connectivity index (χ3v) is 4.70. The molecule has 4 nitrogen and oxygen atoms in total. The molecule has 1 saturated heterocycles. The standard InChI is InChI=1S/C11H11F2NO3S/c12-10-2-1-9(7-11(10)13)18(16,17)14-5-3-8(15)4-6-14/h1-2,7H,3-6H2. The molecule has 0 saturated carbocycles. The lowest BCUT2D eigenvalue weighted by molar-refractivity contribution is -0.120. The average molecular weight is 275 g/mol. The van der Waals surface area contributed by atoms with E-state index < -0.39 is 21.7 Å². The van der Waals surface area contributed by atoms with Gasteiger partial charge in [-0.1, -0.05) is 0 Å². The van der Waals surface area contributed by atoms with Gasteiger partial charge in [0.05, 0.1) is 4.90 Å². The Hall–Kier alpha value is -1.34. The second-order valence-electron chi connectivity index (χ2n) is 4.02. The summed E-state index contributed by atoms with van der Waals surface area (Å²) in [5.41, 5.74) is 0. The van der Waals surface area contributed by atoms with E-state index in [2.05, 4.69) is 0 Å². The Morgan fingerprint density at radius 2 is 1.67 bits per heavy atom. The summed E-state index contributed by atoms with van der Waals surface area (Å²) in [5, 5.41) is 0. The molecule has 1 heterocycles. The van der Waals surface area contributed by atoms with Crippen molar-refractivity contribution in [1.82, 2.24) is 4.31 Å². The van der Waals surface area contributed by atoms with Crippen molar-refractivity contribution in [2.75, 3.05) is 13.1 Å². The molecule has 18 heavy (non-hydrogen) atoms. The largest absolute Gasteiger partial charge is 0.300 e. The van der Waals surface area contributed by atoms with Crippen LogP contribution in [0.5, 0.6) is 0 Å². The fourth-order valence-corrected chi connectivity index (χ4v) is 3.22. The van der Waals surface area contributed by atoms with E-state index in [0.717, 1.165) is 16.4 Å². The Kier molecular flexibility index (Phi) is 3.45. The summed E-state index contributed by atoms with van der Waals surface area (Å²) in [7, 11) is -3.85. The molecule has 0 aliphatic carbocycles. The second-order valence-corrected chi connectivity index (χ2v) is 5.96. The molecule has 2 rings (SSSR count). The zero-order valence-corrected chi connectivity index (χ0v) is 10.2. The van der Waals surface area contributed by atoms with Crippen LogP contribution in [-0.4, -0.2) is 31.6 Å². The highest BCUT2D eigenvalue weighted by Gasteiger charge is 2.28. The number of rotatable bonds is 2. The molecule has 0 N–H and O–H groups in total. The van der Waals surface area contributed by atoms with Crippen LogP contribution < -0.4 is 0 Å². The first kappa shape index (κ1) is 13.1. The highest BCUT2D eigenvalue weighted by Crippen LogP contribution is 2.21. The number of halogens is 2. The smallest absolute Gasteiger partial charge is 0.243 e. The average Bonchev–Trinajstić information content (AvgIpc) is 2.33. The number of Topliss-reactive ketones (excluding diaryl/α,β-unsaturated/α-hetero) is 1. The first-order valence-electron chi connectivity index (χ1n) is 5.38. The zero-order chi connectivity index (χ0) is 13.3. The molecule has 0 unspecified atom stereocenters. The van der Waals surface area contributed by atoms with Crippen molar-refractivity contribution >= 4 is 15.8 Å². The molecule has 0 bridgehead atoms. The fraction of sp³-hybridized carbons (Fsp3) is 0.364. The number of carbonyl (C=O) groups is 1. The van der Waals surface area contributed by atoms with Gasteiger partial charge in [0.15, 0.2) is 11.6 Å². The van der Waals surface area contributed by atoms with Gasteiger partial charge in [0.1, 0.15) is 5.78 Å². The number of ketones is 1. The van der Waals surface area contributed by atoms with Gasteiger partial charge in [-0.25, -0.2) is 17.2 Å². The number of nitrogens with zero attached hydrogens (tertiary/aromatic N) is 1. The van der Waals surface area contributed by atoms with E-state index in [-0.39, 0.29) is 36.6 Å². The van der Waals surface area contributed by atoms with Crippen LogP contribution in [0.3, 0.4) is 0 Å². The summed E-state index contributed by atoms with van der Waals surface area (Å²) in [6.45, 7) is 0.167. The number of carbonyl (C=O) groups excluding carboxylic acids is 1. The van der Waals surface area contributed by atoms with Crippen LogP contribution in [0.1, 0.15) is 12.8 Å². The van der Waals surface area contributed by atoms with E-state index in [9.17, 15) is 22.0 Å². The number of piperidine rings is 1. The van der Waals surface area contributed by atoms with Crippen LogP contribution >= 0.6 is 0 Å². The monoisotopic (exact) mass is 275 g/mol. The van der Waals surface area contributed by atoms with Crippen LogP contribution in [-0.2, 0) is 14.8 Å². The van der Waals surface area contributed by atoms with Crippen molar-refractivity contribution in [3.8, 4) is 0 Å². The maximum atomic E-state index is 13.0. The molecule has 1 aromatic carbocycles. The maximum absolute atomic E-state index is 13.0. The summed E-state index contributed by atoms with van der Waals surface area (Å²) < 4.78 is 51.1. The summed E-state index contributed by atoms with van der Waals surface area (Å²) in [6.07, 6.45) is 0.311. The minimum absolute atomic E-state index is 0.00624. The Labute approximate surface area is 103 Å². The predicted octanol–water partition coefficient (Wildman–Crippen LogP) is 1.32. The molecular weight excluding hydrogens is 264 g/mol. The fourth-order valence-electron chi connectivity index (χ4n) is 1.76. The normalized spacial score (nSPS) is 18.0. The second kappa shape index (κ2) is 4.74. The topological polar surface area (TPSA) is 54.5 Å². The van der Waals surface area contributed by atoms with E-state index >= 15 is 0 Å². The molecule has 0 aromatic heterocycles. The van der Waals surface area contributed by atoms with Crippen molar-refractivity contribution < 1.29 is 22.0 Å². The first-order valence-corrected chi connectivity index (χ1v) is 6.82. The lowest BCUT2D eigenvalue weighted by Gasteiger charge is -2.25. The van der Waals surface area contributed by atoms with Crippen molar-refractivity contribution in [1.29, 1.82) is 0 Å². The maximum Gasteiger partial charge on any atom is 0.243 e. The number of sulfonamides is 1. The summed E-state index contributed by atoms with van der Waals surface area (Å²) in [4.78, 5) is 10.7. The Balaban J connectivity index is 2.30. The van der Waals surface area contributed by atoms with Gasteiger partial charge >= 0.3 is 0 Å². The van der Waals surface area contributed by atoms with Crippen LogP contribution in [0.2, 0.25) is 0 Å². The van der Waals surface area contributed by atoms with Crippen LogP contribution in [0, 0.1) is 11.6 Å². The van der Waals surface area contributed by atoms with Crippen LogP contribution in [0.4, 0.5) is 8.78 Å². The highest BCUT2D eigenvalue weighted by atomic mass is 32.2. The Bertz CT molecular complexity index is 576. The van der Waals surface area contributed by atoms with Gasteiger partial charge in [0, 0.05) is 25.9 Å². The molecule has 1 aliphatic rings. The molecule has 0 amide bonds. The Morgan fingerprint density at radius 1 is 1.06 bits per heavy atom. The third kappa shape index (κ3) is 2.41. The van der Waals surface area contributed by atoms with Crippen LogP contribution in [0.25, 0.3) is 0 Å². The van der Waals surface area contributed by atoms with Crippen LogP contribution in [0.15, 0.2) is 23.1 Å². The van der Waals surface area contributed by atoms with Gasteiger partial charge in [-0.2, -0.15) is 4.31 Å². The van der Waals surface area contributed by atoms with Gasteiger partial charge in [0.25, 0.3) is 0 Å². The van der Waals surface area contributed by atoms with Crippen molar-refractivity contribution in [2.24, 2.45) is 0 Å². The summed E-state index contributed by atoms with van der Waals surface area (Å²) in [6, 6.07) is 2.45. The highest BCUT2D eigenvalue weighted by molar-refractivity contribution is 7.89. The van der Waals surface area contributed by atoms with Gasteiger partial charge in [-0.3, -0.25) is 4.79 Å². The molecule has 7 heteroatoms. The SMILES string of the molecule is O=C1CCN(S(=O)(=O)c2ccc(F)c(F)c2)CC1. The molecule has 0 spiro atoms. The molecule has 1 aliphatic heterocycles. The van der Waals surface area contributed by atoms with Gasteiger partial charge in [-0.15, -0.1) is 0 Å². The molecule has 1 fully saturated rings. The first-order chi connectivity index (χ1) is 8.41. The van der Waals surface area contributed by atoms with E-state index in [0.29, 0.717) is 6.07 Å². The molecule has 0 radical (unpaired) electrons. The number of benzene rings is 1. The van der Waals surface area contributed by atoms with E-state index in [4.69, 9.17) is 0 Å². The van der Waals surface area contributed by atoms with E-state index in [1.54, 1.807) is 0 Å². The molecule has 98 valence electrons. The van der Waals surface area contributed by atoms with E-state index in [1.165, 1.54) is 0 Å². The summed E-state index contributed by atoms with van der Waals surface area (Å²) in [5.74, 6) is -2.29. The number of hydrogen-bond donors (Lipinski definition) is 0. The lowest BCUT2D eigenvalue weighted by Crippen LogP contribution is -2.38. The minimum Gasteiger partial charge on any atom is -0.300 e. The van der Waals surface area contributed by atoms with Crippen molar-refractivity contribution in [3.63, 3.8) is 0 Å². The zero-order valence-electron chi connectivity index (χ0n) is 9.40. The quantitative estimate of drug-likeness (QED) is 0.818. The van der Waals surface area contributed by atoms with Gasteiger partial charge in [0.2, 0.25) is 10.0 Å². The Morgan fingerprint density at radius 3 is 2.22 bits per heavy atom. The molecule has 1 aromatic rings. The van der Waals surface area contributed by atoms with Crippen molar-refractivity contribution in [3.05, 3.63) is 29.8 Å². The predicted molar refractivity (Wildman–Crippen MR) is 59.4 cm³/mol. The molecule has 0 atom stereocenters.